The smallest absolute Gasteiger partial charge is 0.265 e. The molecule has 0 aliphatic carbocycles. The van der Waals surface area contributed by atoms with E-state index >= 15 is 0 Å². The zero-order chi connectivity index (χ0) is 16.4. The van der Waals surface area contributed by atoms with E-state index in [1.165, 1.54) is 17.3 Å². The highest BCUT2D eigenvalue weighted by molar-refractivity contribution is 7.85. The normalized spacial score (nSPS) is 16.2. The van der Waals surface area contributed by atoms with Crippen LogP contribution in [0.2, 0.25) is 5.02 Å². The van der Waals surface area contributed by atoms with Gasteiger partial charge in [0.15, 0.2) is 0 Å². The van der Waals surface area contributed by atoms with Crippen molar-refractivity contribution in [3.05, 3.63) is 47.5 Å². The van der Waals surface area contributed by atoms with Gasteiger partial charge in [-0.3, -0.25) is 4.55 Å². The number of rotatable bonds is 6. The van der Waals surface area contributed by atoms with Crippen molar-refractivity contribution in [3.8, 4) is 0 Å². The Morgan fingerprint density at radius 3 is 2.50 bits per heavy atom. The summed E-state index contributed by atoms with van der Waals surface area (Å²) in [5.74, 6) is -1.37. The second-order valence-electron chi connectivity index (χ2n) is 5.17. The second-order valence-corrected chi connectivity index (χ2v) is 7.11. The molecule has 0 spiro atoms. The Hall–Kier alpha value is -1.48. The highest BCUT2D eigenvalue weighted by Crippen LogP contribution is 2.33. The lowest BCUT2D eigenvalue weighted by Gasteiger charge is -2.34. The van der Waals surface area contributed by atoms with E-state index in [4.69, 9.17) is 16.2 Å². The maximum absolute atomic E-state index is 11.2. The summed E-state index contributed by atoms with van der Waals surface area (Å²) in [6, 6.07) is 6.42. The highest BCUT2D eigenvalue weighted by Gasteiger charge is 2.38. The van der Waals surface area contributed by atoms with Gasteiger partial charge < -0.3 is 5.11 Å². The molecule has 9 heteroatoms. The molecule has 2 atom stereocenters. The summed E-state index contributed by atoms with van der Waals surface area (Å²) in [4.78, 5) is 3.80. The number of aliphatic hydroxyl groups is 1. The van der Waals surface area contributed by atoms with Gasteiger partial charge in [-0.1, -0.05) is 30.7 Å². The van der Waals surface area contributed by atoms with E-state index in [-0.39, 0.29) is 6.54 Å². The molecule has 1 aromatic heterocycles. The Morgan fingerprint density at radius 2 is 2.00 bits per heavy atom. The molecule has 0 aliphatic rings. The minimum atomic E-state index is -4.23. The topological polar surface area (TPSA) is 105 Å². The van der Waals surface area contributed by atoms with Gasteiger partial charge in [0.1, 0.15) is 18.3 Å². The molecule has 0 fully saturated rings. The van der Waals surface area contributed by atoms with Crippen molar-refractivity contribution >= 4 is 21.7 Å². The minimum absolute atomic E-state index is 0.00861. The van der Waals surface area contributed by atoms with Gasteiger partial charge in [-0.2, -0.15) is 13.5 Å². The Morgan fingerprint density at radius 1 is 1.36 bits per heavy atom. The zero-order valence-corrected chi connectivity index (χ0v) is 13.4. The van der Waals surface area contributed by atoms with Crippen LogP contribution in [-0.2, 0) is 22.3 Å². The van der Waals surface area contributed by atoms with Crippen LogP contribution in [0.15, 0.2) is 36.9 Å². The first-order valence-corrected chi connectivity index (χ1v) is 8.45. The van der Waals surface area contributed by atoms with Crippen LogP contribution in [0.3, 0.4) is 0 Å². The van der Waals surface area contributed by atoms with Crippen molar-refractivity contribution in [1.82, 2.24) is 14.8 Å². The van der Waals surface area contributed by atoms with Crippen molar-refractivity contribution in [2.45, 2.75) is 19.1 Å². The molecule has 0 saturated heterocycles. The van der Waals surface area contributed by atoms with E-state index < -0.39 is 27.4 Å². The summed E-state index contributed by atoms with van der Waals surface area (Å²) in [7, 11) is -4.23. The molecule has 1 aromatic carbocycles. The summed E-state index contributed by atoms with van der Waals surface area (Å²) in [6.45, 7) is 1.53. The number of hydrogen-bond donors (Lipinski definition) is 2. The first-order valence-electron chi connectivity index (χ1n) is 6.47. The standard InChI is InChI=1S/C13H16ClN3O4S/c1-10(6-22(19,20)21)13(18,7-17-9-15-8-16-17)11-2-4-12(14)5-3-11/h2-5,8-10,18H,6-7H2,1H3,(H,19,20,21)/t10-,13+/m0/s1. The molecule has 1 heterocycles. The summed E-state index contributed by atoms with van der Waals surface area (Å²) >= 11 is 5.85. The average Bonchev–Trinajstić information content (AvgIpc) is 2.90. The lowest BCUT2D eigenvalue weighted by Crippen LogP contribution is -2.41. The van der Waals surface area contributed by atoms with Gasteiger partial charge in [0.05, 0.1) is 12.3 Å². The van der Waals surface area contributed by atoms with Crippen molar-refractivity contribution in [3.63, 3.8) is 0 Å². The number of hydrogen-bond acceptors (Lipinski definition) is 5. The van der Waals surface area contributed by atoms with Gasteiger partial charge >= 0.3 is 0 Å². The molecule has 2 aromatic rings. The monoisotopic (exact) mass is 345 g/mol. The van der Waals surface area contributed by atoms with E-state index in [9.17, 15) is 13.5 Å². The predicted molar refractivity (Wildman–Crippen MR) is 81.0 cm³/mol. The van der Waals surface area contributed by atoms with E-state index in [0.29, 0.717) is 10.6 Å². The van der Waals surface area contributed by atoms with Crippen molar-refractivity contribution in [2.75, 3.05) is 5.75 Å². The second kappa shape index (κ2) is 6.33. The van der Waals surface area contributed by atoms with Gasteiger partial charge in [0, 0.05) is 10.9 Å². The summed E-state index contributed by atoms with van der Waals surface area (Å²) in [5.41, 5.74) is -1.09. The van der Waals surface area contributed by atoms with Crippen molar-refractivity contribution in [1.29, 1.82) is 0 Å². The first kappa shape index (κ1) is 16.9. The van der Waals surface area contributed by atoms with Gasteiger partial charge in [0.25, 0.3) is 10.1 Å². The van der Waals surface area contributed by atoms with Gasteiger partial charge in [-0.05, 0) is 17.7 Å². The molecule has 0 amide bonds. The molecule has 22 heavy (non-hydrogen) atoms. The third-order valence-corrected chi connectivity index (χ3v) is 4.66. The van der Waals surface area contributed by atoms with Crippen LogP contribution in [0, 0.1) is 5.92 Å². The number of benzene rings is 1. The fraction of sp³-hybridized carbons (Fsp3) is 0.385. The quantitative estimate of drug-likeness (QED) is 0.765. The Labute approximate surface area is 133 Å². The summed E-state index contributed by atoms with van der Waals surface area (Å²) < 4.78 is 32.8. The number of nitrogens with zero attached hydrogens (tertiary/aromatic N) is 3. The van der Waals surface area contributed by atoms with E-state index in [0.717, 1.165) is 0 Å². The summed E-state index contributed by atoms with van der Waals surface area (Å²) in [5, 5.41) is 15.5. The van der Waals surface area contributed by atoms with Gasteiger partial charge in [-0.15, -0.1) is 0 Å². The fourth-order valence-corrected chi connectivity index (χ4v) is 3.32. The molecule has 2 rings (SSSR count). The maximum Gasteiger partial charge on any atom is 0.265 e. The molecule has 0 radical (unpaired) electrons. The van der Waals surface area contributed by atoms with Crippen LogP contribution in [0.1, 0.15) is 12.5 Å². The molecule has 2 N–H and O–H groups in total. The third kappa shape index (κ3) is 4.04. The highest BCUT2D eigenvalue weighted by atomic mass is 35.5. The first-order chi connectivity index (χ1) is 10.2. The predicted octanol–water partition coefficient (Wildman–Crippen LogP) is 1.34. The minimum Gasteiger partial charge on any atom is -0.383 e. The maximum atomic E-state index is 11.2. The fourth-order valence-electron chi connectivity index (χ4n) is 2.29. The van der Waals surface area contributed by atoms with Crippen LogP contribution >= 0.6 is 11.6 Å². The zero-order valence-electron chi connectivity index (χ0n) is 11.8. The van der Waals surface area contributed by atoms with Crippen LogP contribution in [0.5, 0.6) is 0 Å². The molecule has 0 unspecified atom stereocenters. The molecule has 120 valence electrons. The third-order valence-electron chi connectivity index (χ3n) is 3.49. The van der Waals surface area contributed by atoms with Crippen molar-refractivity contribution < 1.29 is 18.1 Å². The number of halogens is 1. The largest absolute Gasteiger partial charge is 0.383 e. The molecular weight excluding hydrogens is 330 g/mol. The van der Waals surface area contributed by atoms with E-state index in [2.05, 4.69) is 10.1 Å². The van der Waals surface area contributed by atoms with Crippen molar-refractivity contribution in [2.24, 2.45) is 5.92 Å². The Bertz CT molecular complexity index is 718. The van der Waals surface area contributed by atoms with Crippen LogP contribution < -0.4 is 0 Å². The average molecular weight is 346 g/mol. The van der Waals surface area contributed by atoms with Crippen LogP contribution in [0.4, 0.5) is 0 Å². The van der Waals surface area contributed by atoms with Gasteiger partial charge in [0.2, 0.25) is 0 Å². The lowest BCUT2D eigenvalue weighted by atomic mass is 9.83. The molecule has 0 bridgehead atoms. The molecule has 0 aliphatic heterocycles. The van der Waals surface area contributed by atoms with E-state index in [1.54, 1.807) is 31.2 Å². The molecule has 0 saturated carbocycles. The SMILES string of the molecule is C[C@@H](CS(=O)(=O)O)[C@](O)(Cn1cncn1)c1ccc(Cl)cc1. The van der Waals surface area contributed by atoms with Gasteiger partial charge in [-0.25, -0.2) is 9.67 Å². The number of aromatic nitrogens is 3. The van der Waals surface area contributed by atoms with Crippen LogP contribution in [-0.4, -0.2) is 38.6 Å². The Kier molecular flexibility index (Phi) is 4.86. The van der Waals surface area contributed by atoms with E-state index in [1.807, 2.05) is 0 Å². The summed E-state index contributed by atoms with van der Waals surface area (Å²) in [6.07, 6.45) is 2.73. The molecule has 7 nitrogen and oxygen atoms in total. The molecular formula is C13H16ClN3O4S. The lowest BCUT2D eigenvalue weighted by molar-refractivity contribution is -0.0287. The van der Waals surface area contributed by atoms with Crippen LogP contribution in [0.25, 0.3) is 0 Å². The Balaban J connectivity index is 2.40.